The zero-order chi connectivity index (χ0) is 12.5. The van der Waals surface area contributed by atoms with Crippen molar-refractivity contribution in [1.82, 2.24) is 4.57 Å². The Labute approximate surface area is 104 Å². The standard InChI is InChI=1S/C11H9BrF3NO/c12-9-2-1-3-10-8(9)4-5-16(10)7-17-6-11(13,14)15/h1-5H,6-7H2. The van der Waals surface area contributed by atoms with E-state index < -0.39 is 12.8 Å². The number of benzene rings is 1. The van der Waals surface area contributed by atoms with E-state index in [2.05, 4.69) is 20.7 Å². The summed E-state index contributed by atoms with van der Waals surface area (Å²) in [6.07, 6.45) is -2.59. The second-order valence-electron chi connectivity index (χ2n) is 3.55. The molecule has 0 saturated heterocycles. The summed E-state index contributed by atoms with van der Waals surface area (Å²) in [7, 11) is 0. The molecule has 0 atom stereocenters. The summed E-state index contributed by atoms with van der Waals surface area (Å²) in [4.78, 5) is 0. The molecule has 0 aliphatic rings. The van der Waals surface area contributed by atoms with E-state index in [4.69, 9.17) is 0 Å². The van der Waals surface area contributed by atoms with Gasteiger partial charge in [0, 0.05) is 16.1 Å². The summed E-state index contributed by atoms with van der Waals surface area (Å²) < 4.78 is 42.9. The van der Waals surface area contributed by atoms with Crippen LogP contribution in [0.15, 0.2) is 34.9 Å². The molecule has 0 aliphatic carbocycles. The highest BCUT2D eigenvalue weighted by molar-refractivity contribution is 9.10. The molecule has 17 heavy (non-hydrogen) atoms. The van der Waals surface area contributed by atoms with Crippen molar-refractivity contribution in [1.29, 1.82) is 0 Å². The highest BCUT2D eigenvalue weighted by Gasteiger charge is 2.27. The van der Waals surface area contributed by atoms with Crippen molar-refractivity contribution < 1.29 is 17.9 Å². The molecular formula is C11H9BrF3NO. The number of ether oxygens (including phenoxy) is 1. The fourth-order valence-electron chi connectivity index (χ4n) is 1.56. The normalized spacial score (nSPS) is 12.2. The first-order chi connectivity index (χ1) is 7.97. The van der Waals surface area contributed by atoms with Crippen LogP contribution in [0.1, 0.15) is 0 Å². The molecule has 0 amide bonds. The quantitative estimate of drug-likeness (QED) is 0.838. The van der Waals surface area contributed by atoms with Crippen LogP contribution in [0.2, 0.25) is 0 Å². The topological polar surface area (TPSA) is 14.2 Å². The molecule has 1 aromatic carbocycles. The first-order valence-electron chi connectivity index (χ1n) is 4.85. The van der Waals surface area contributed by atoms with Crippen LogP contribution in [-0.2, 0) is 11.5 Å². The van der Waals surface area contributed by atoms with Crippen LogP contribution >= 0.6 is 15.9 Å². The van der Waals surface area contributed by atoms with Gasteiger partial charge in [0.2, 0.25) is 0 Å². The van der Waals surface area contributed by atoms with Gasteiger partial charge in [-0.3, -0.25) is 0 Å². The Balaban J connectivity index is 2.12. The molecule has 0 fully saturated rings. The van der Waals surface area contributed by atoms with Gasteiger partial charge in [0.25, 0.3) is 0 Å². The van der Waals surface area contributed by atoms with Crippen LogP contribution in [0.4, 0.5) is 13.2 Å². The van der Waals surface area contributed by atoms with Crippen LogP contribution in [0.25, 0.3) is 10.9 Å². The zero-order valence-electron chi connectivity index (χ0n) is 8.67. The molecule has 2 aromatic rings. The van der Waals surface area contributed by atoms with Crippen molar-refractivity contribution in [2.24, 2.45) is 0 Å². The number of rotatable bonds is 3. The lowest BCUT2D eigenvalue weighted by atomic mass is 10.2. The number of fused-ring (bicyclic) bond motifs is 1. The minimum absolute atomic E-state index is 0.112. The number of halogens is 4. The molecule has 6 heteroatoms. The summed E-state index contributed by atoms with van der Waals surface area (Å²) >= 11 is 3.38. The van der Waals surface area contributed by atoms with Gasteiger partial charge < -0.3 is 9.30 Å². The van der Waals surface area contributed by atoms with Gasteiger partial charge in [-0.25, -0.2) is 0 Å². The van der Waals surface area contributed by atoms with E-state index in [1.165, 1.54) is 0 Å². The molecule has 92 valence electrons. The van der Waals surface area contributed by atoms with E-state index in [0.29, 0.717) is 0 Å². The van der Waals surface area contributed by atoms with E-state index in [-0.39, 0.29) is 6.73 Å². The van der Waals surface area contributed by atoms with Crippen LogP contribution in [0.3, 0.4) is 0 Å². The molecule has 1 heterocycles. The van der Waals surface area contributed by atoms with Gasteiger partial charge >= 0.3 is 6.18 Å². The summed E-state index contributed by atoms with van der Waals surface area (Å²) in [6.45, 7) is -1.35. The summed E-state index contributed by atoms with van der Waals surface area (Å²) in [5, 5.41) is 0.947. The van der Waals surface area contributed by atoms with E-state index in [1.54, 1.807) is 10.8 Å². The molecule has 2 nitrogen and oxygen atoms in total. The minimum atomic E-state index is -4.29. The second-order valence-corrected chi connectivity index (χ2v) is 4.41. The highest BCUT2D eigenvalue weighted by atomic mass is 79.9. The molecule has 0 bridgehead atoms. The molecule has 0 aliphatic heterocycles. The smallest absolute Gasteiger partial charge is 0.351 e. The monoisotopic (exact) mass is 307 g/mol. The Hall–Kier alpha value is -1.01. The first kappa shape index (κ1) is 12.4. The summed E-state index contributed by atoms with van der Waals surface area (Å²) in [5.74, 6) is 0. The van der Waals surface area contributed by atoms with E-state index in [0.717, 1.165) is 15.4 Å². The van der Waals surface area contributed by atoms with Gasteiger partial charge in [-0.05, 0) is 18.2 Å². The molecule has 0 N–H and O–H groups in total. The number of hydrogen-bond donors (Lipinski definition) is 0. The number of alkyl halides is 3. The highest BCUT2D eigenvalue weighted by Crippen LogP contribution is 2.25. The maximum atomic E-state index is 11.9. The third kappa shape index (κ3) is 3.01. The van der Waals surface area contributed by atoms with E-state index >= 15 is 0 Å². The third-order valence-corrected chi connectivity index (χ3v) is 2.95. The lowest BCUT2D eigenvalue weighted by Crippen LogP contribution is -2.18. The van der Waals surface area contributed by atoms with Crippen molar-refractivity contribution >= 4 is 26.8 Å². The van der Waals surface area contributed by atoms with Gasteiger partial charge in [0.15, 0.2) is 0 Å². The Bertz CT molecular complexity index is 521. The average Bonchev–Trinajstić information content (AvgIpc) is 2.61. The van der Waals surface area contributed by atoms with Gasteiger partial charge in [0.1, 0.15) is 13.3 Å². The van der Waals surface area contributed by atoms with Gasteiger partial charge in [-0.2, -0.15) is 13.2 Å². The van der Waals surface area contributed by atoms with Gasteiger partial charge in [-0.15, -0.1) is 0 Å². The van der Waals surface area contributed by atoms with Crippen molar-refractivity contribution in [3.8, 4) is 0 Å². The van der Waals surface area contributed by atoms with Crippen molar-refractivity contribution in [2.45, 2.75) is 12.9 Å². The van der Waals surface area contributed by atoms with Crippen molar-refractivity contribution in [3.63, 3.8) is 0 Å². The zero-order valence-corrected chi connectivity index (χ0v) is 10.3. The van der Waals surface area contributed by atoms with E-state index in [1.807, 2.05) is 24.3 Å². The number of hydrogen-bond acceptors (Lipinski definition) is 1. The summed E-state index contributed by atoms with van der Waals surface area (Å²) in [6, 6.07) is 7.36. The molecule has 0 saturated carbocycles. The molecule has 0 unspecified atom stereocenters. The van der Waals surface area contributed by atoms with Crippen LogP contribution in [0, 0.1) is 0 Å². The predicted molar refractivity (Wildman–Crippen MR) is 61.6 cm³/mol. The maximum Gasteiger partial charge on any atom is 0.411 e. The van der Waals surface area contributed by atoms with Crippen LogP contribution in [-0.4, -0.2) is 17.4 Å². The molecule has 1 aromatic heterocycles. The van der Waals surface area contributed by atoms with Gasteiger partial charge in [-0.1, -0.05) is 22.0 Å². The molecule has 0 radical (unpaired) electrons. The second kappa shape index (κ2) is 4.70. The minimum Gasteiger partial charge on any atom is -0.351 e. The van der Waals surface area contributed by atoms with Gasteiger partial charge in [0.05, 0.1) is 5.52 Å². The summed E-state index contributed by atoms with van der Waals surface area (Å²) in [5.41, 5.74) is 0.835. The lowest BCUT2D eigenvalue weighted by molar-refractivity contribution is -0.181. The average molecular weight is 308 g/mol. The van der Waals surface area contributed by atoms with E-state index in [9.17, 15) is 13.2 Å². The SMILES string of the molecule is FC(F)(F)COCn1ccc2c(Br)cccc21. The fraction of sp³-hybridized carbons (Fsp3) is 0.273. The van der Waals surface area contributed by atoms with Crippen LogP contribution < -0.4 is 0 Å². The fourth-order valence-corrected chi connectivity index (χ4v) is 2.05. The Morgan fingerprint density at radius 2 is 2.00 bits per heavy atom. The first-order valence-corrected chi connectivity index (χ1v) is 5.64. The predicted octanol–water partition coefficient (Wildman–Crippen LogP) is 3.94. The largest absolute Gasteiger partial charge is 0.411 e. The lowest BCUT2D eigenvalue weighted by Gasteiger charge is -2.09. The number of aromatic nitrogens is 1. The number of nitrogens with zero attached hydrogens (tertiary/aromatic N) is 1. The molecule has 2 rings (SSSR count). The van der Waals surface area contributed by atoms with Crippen LogP contribution in [0.5, 0.6) is 0 Å². The Morgan fingerprint density at radius 1 is 1.24 bits per heavy atom. The maximum absolute atomic E-state index is 11.9. The third-order valence-electron chi connectivity index (χ3n) is 2.26. The molecule has 0 spiro atoms. The van der Waals surface area contributed by atoms with Crippen molar-refractivity contribution in [3.05, 3.63) is 34.9 Å². The Kier molecular flexibility index (Phi) is 3.44. The Morgan fingerprint density at radius 3 is 2.71 bits per heavy atom. The van der Waals surface area contributed by atoms with Crippen molar-refractivity contribution in [2.75, 3.05) is 6.61 Å². The molecular weight excluding hydrogens is 299 g/mol.